The van der Waals surface area contributed by atoms with Crippen LogP contribution in [0, 0.1) is 17.8 Å². The average Bonchev–Trinajstić information content (AvgIpc) is 3.30. The second-order valence-electron chi connectivity index (χ2n) is 10.5. The van der Waals surface area contributed by atoms with E-state index in [0.29, 0.717) is 6.42 Å². The molecule has 1 amide bonds. The summed E-state index contributed by atoms with van der Waals surface area (Å²) in [6, 6.07) is 16.7. The topological polar surface area (TPSA) is 98.8 Å². The molecule has 3 rings (SSSR count). The van der Waals surface area contributed by atoms with Crippen molar-refractivity contribution in [1.29, 1.82) is 0 Å². The van der Waals surface area contributed by atoms with E-state index < -0.39 is 29.6 Å². The van der Waals surface area contributed by atoms with Crippen LogP contribution >= 0.6 is 0 Å². The van der Waals surface area contributed by atoms with Crippen molar-refractivity contribution in [1.82, 2.24) is 5.32 Å². The van der Waals surface area contributed by atoms with Crippen molar-refractivity contribution in [2.24, 2.45) is 17.8 Å². The number of hydrogen-bond acceptors (Lipinski definition) is 6. The SMILES string of the molecule is COCCOC(=O)N[C@@H](CC(C)C)C(=O)C[C@@H](Cc1ccccc1)C(=O)C(=O)CC1Cc2ccccc2C1. The maximum atomic E-state index is 13.5. The van der Waals surface area contributed by atoms with E-state index in [9.17, 15) is 19.2 Å². The zero-order valence-electron chi connectivity index (χ0n) is 22.6. The number of alkyl carbamates (subject to hydrolysis) is 1. The van der Waals surface area contributed by atoms with Crippen molar-refractivity contribution < 1.29 is 28.7 Å². The normalized spacial score (nSPS) is 14.5. The van der Waals surface area contributed by atoms with Gasteiger partial charge in [0.15, 0.2) is 11.6 Å². The molecule has 0 aromatic heterocycles. The summed E-state index contributed by atoms with van der Waals surface area (Å²) in [4.78, 5) is 52.3. The van der Waals surface area contributed by atoms with E-state index in [1.165, 1.54) is 18.2 Å². The van der Waals surface area contributed by atoms with Gasteiger partial charge in [-0.3, -0.25) is 14.4 Å². The molecule has 7 nitrogen and oxygen atoms in total. The van der Waals surface area contributed by atoms with Gasteiger partial charge in [-0.15, -0.1) is 0 Å². The Morgan fingerprint density at radius 3 is 2.16 bits per heavy atom. The molecule has 1 aliphatic rings. The minimum Gasteiger partial charge on any atom is -0.447 e. The molecule has 2 atom stereocenters. The third-order valence-corrected chi connectivity index (χ3v) is 6.94. The quantitative estimate of drug-likeness (QED) is 0.273. The van der Waals surface area contributed by atoms with Gasteiger partial charge in [0, 0.05) is 25.9 Å². The van der Waals surface area contributed by atoms with Gasteiger partial charge in [0.1, 0.15) is 6.61 Å². The van der Waals surface area contributed by atoms with Gasteiger partial charge < -0.3 is 14.8 Å². The number of amides is 1. The molecule has 0 saturated carbocycles. The largest absolute Gasteiger partial charge is 0.447 e. The van der Waals surface area contributed by atoms with Gasteiger partial charge in [-0.05, 0) is 54.2 Å². The standard InChI is InChI=1S/C31H39NO6/c1-21(2)15-27(32-31(36)38-14-13-37-3)28(33)20-26(16-22-9-5-4-6-10-22)30(35)29(34)19-23-17-24-11-7-8-12-25(24)18-23/h4-12,21,23,26-27H,13-20H2,1-3H3,(H,32,36)/t26-,27+/m1/s1. The highest BCUT2D eigenvalue weighted by atomic mass is 16.6. The fourth-order valence-electron chi connectivity index (χ4n) is 5.07. The van der Waals surface area contributed by atoms with E-state index in [2.05, 4.69) is 17.4 Å². The Morgan fingerprint density at radius 2 is 1.55 bits per heavy atom. The molecule has 2 aromatic carbocycles. The van der Waals surface area contributed by atoms with E-state index in [4.69, 9.17) is 9.47 Å². The lowest BCUT2D eigenvalue weighted by atomic mass is 9.84. The zero-order chi connectivity index (χ0) is 27.5. The Labute approximate surface area is 225 Å². The predicted octanol–water partition coefficient (Wildman–Crippen LogP) is 4.54. The fourth-order valence-corrected chi connectivity index (χ4v) is 5.07. The third-order valence-electron chi connectivity index (χ3n) is 6.94. The molecule has 38 heavy (non-hydrogen) atoms. The highest BCUT2D eigenvalue weighted by molar-refractivity contribution is 6.38. The summed E-state index contributed by atoms with van der Waals surface area (Å²) in [7, 11) is 1.50. The highest BCUT2D eigenvalue weighted by Crippen LogP contribution is 2.29. The molecule has 0 spiro atoms. The van der Waals surface area contributed by atoms with Crippen LogP contribution in [-0.2, 0) is 43.1 Å². The number of Topliss-reactive ketones (excluding diaryl/α,β-unsaturated/α-hetero) is 3. The maximum Gasteiger partial charge on any atom is 0.407 e. The Hall–Kier alpha value is -3.32. The summed E-state index contributed by atoms with van der Waals surface area (Å²) in [5.41, 5.74) is 3.34. The number of ketones is 3. The van der Waals surface area contributed by atoms with Crippen molar-refractivity contribution in [2.45, 2.75) is 58.4 Å². The molecule has 0 saturated heterocycles. The second-order valence-corrected chi connectivity index (χ2v) is 10.5. The molecule has 0 bridgehead atoms. The van der Waals surface area contributed by atoms with Crippen LogP contribution in [0.1, 0.15) is 49.8 Å². The van der Waals surface area contributed by atoms with Gasteiger partial charge in [-0.2, -0.15) is 0 Å². The van der Waals surface area contributed by atoms with Gasteiger partial charge in [0.2, 0.25) is 5.78 Å². The van der Waals surface area contributed by atoms with Gasteiger partial charge in [-0.25, -0.2) is 4.79 Å². The first-order valence-corrected chi connectivity index (χ1v) is 13.4. The molecule has 0 fully saturated rings. The van der Waals surface area contributed by atoms with Crippen LogP contribution in [0.15, 0.2) is 54.6 Å². The summed E-state index contributed by atoms with van der Waals surface area (Å²) in [6.45, 7) is 4.22. The number of methoxy groups -OCH3 is 1. The first-order valence-electron chi connectivity index (χ1n) is 13.4. The number of benzene rings is 2. The van der Waals surface area contributed by atoms with Crippen LogP contribution in [-0.4, -0.2) is 49.8 Å². The van der Waals surface area contributed by atoms with Crippen LogP contribution < -0.4 is 5.32 Å². The van der Waals surface area contributed by atoms with E-state index >= 15 is 0 Å². The Kier molecular flexibility index (Phi) is 11.2. The van der Waals surface area contributed by atoms with Crippen LogP contribution in [0.3, 0.4) is 0 Å². The van der Waals surface area contributed by atoms with Gasteiger partial charge in [0.25, 0.3) is 0 Å². The smallest absolute Gasteiger partial charge is 0.407 e. The molecule has 0 aliphatic heterocycles. The average molecular weight is 522 g/mol. The number of rotatable bonds is 15. The highest BCUT2D eigenvalue weighted by Gasteiger charge is 2.33. The third kappa shape index (κ3) is 8.91. The van der Waals surface area contributed by atoms with Crippen LogP contribution in [0.2, 0.25) is 0 Å². The number of hydrogen-bond donors (Lipinski definition) is 1. The van der Waals surface area contributed by atoms with Crippen LogP contribution in [0.4, 0.5) is 4.79 Å². The number of carbonyl (C=O) groups is 4. The van der Waals surface area contributed by atoms with Crippen molar-refractivity contribution >= 4 is 23.4 Å². The maximum absolute atomic E-state index is 13.5. The van der Waals surface area contributed by atoms with Crippen LogP contribution in [0.5, 0.6) is 0 Å². The second kappa shape index (κ2) is 14.6. The van der Waals surface area contributed by atoms with Crippen molar-refractivity contribution in [2.75, 3.05) is 20.3 Å². The number of carbonyl (C=O) groups excluding carboxylic acids is 4. The molecular weight excluding hydrogens is 482 g/mol. The molecule has 0 heterocycles. The molecule has 1 N–H and O–H groups in total. The van der Waals surface area contributed by atoms with Crippen molar-refractivity contribution in [3.63, 3.8) is 0 Å². The van der Waals surface area contributed by atoms with Crippen molar-refractivity contribution in [3.05, 3.63) is 71.3 Å². The molecule has 204 valence electrons. The van der Waals surface area contributed by atoms with E-state index in [1.807, 2.05) is 56.3 Å². The van der Waals surface area contributed by atoms with Gasteiger partial charge >= 0.3 is 6.09 Å². The lowest BCUT2D eigenvalue weighted by molar-refractivity contribution is -0.140. The van der Waals surface area contributed by atoms with E-state index in [0.717, 1.165) is 18.4 Å². The summed E-state index contributed by atoms with van der Waals surface area (Å²) in [5, 5.41) is 2.65. The number of nitrogens with one attached hydrogen (secondary N) is 1. The Bertz CT molecular complexity index is 1070. The number of ether oxygens (including phenoxy) is 2. The summed E-state index contributed by atoms with van der Waals surface area (Å²) < 4.78 is 9.98. The lowest BCUT2D eigenvalue weighted by Crippen LogP contribution is -2.44. The first kappa shape index (κ1) is 29.2. The zero-order valence-corrected chi connectivity index (χ0v) is 22.6. The Balaban J connectivity index is 1.70. The molecule has 0 radical (unpaired) electrons. The summed E-state index contributed by atoms with van der Waals surface area (Å²) in [6.07, 6.45) is 1.59. The van der Waals surface area contributed by atoms with E-state index in [1.54, 1.807) is 0 Å². The molecular formula is C31H39NO6. The fraction of sp³-hybridized carbons (Fsp3) is 0.484. The van der Waals surface area contributed by atoms with E-state index in [-0.39, 0.29) is 50.1 Å². The Morgan fingerprint density at radius 1 is 0.921 bits per heavy atom. The predicted molar refractivity (Wildman–Crippen MR) is 145 cm³/mol. The van der Waals surface area contributed by atoms with Crippen LogP contribution in [0.25, 0.3) is 0 Å². The molecule has 1 aliphatic carbocycles. The monoisotopic (exact) mass is 521 g/mol. The summed E-state index contributed by atoms with van der Waals surface area (Å²) in [5.74, 6) is -1.79. The van der Waals surface area contributed by atoms with Crippen molar-refractivity contribution in [3.8, 4) is 0 Å². The van der Waals surface area contributed by atoms with Gasteiger partial charge in [0.05, 0.1) is 12.6 Å². The molecule has 0 unspecified atom stereocenters. The lowest BCUT2D eigenvalue weighted by Gasteiger charge is -2.22. The number of fused-ring (bicyclic) bond motifs is 1. The summed E-state index contributed by atoms with van der Waals surface area (Å²) >= 11 is 0. The minimum atomic E-state index is -0.810. The molecule has 2 aromatic rings. The minimum absolute atomic E-state index is 0.0690. The van der Waals surface area contributed by atoms with Gasteiger partial charge in [-0.1, -0.05) is 68.4 Å². The molecule has 7 heteroatoms. The first-order chi connectivity index (χ1) is 18.3.